The van der Waals surface area contributed by atoms with E-state index in [1.807, 2.05) is 0 Å². The zero-order valence-corrected chi connectivity index (χ0v) is 20.7. The Kier molecular flexibility index (Phi) is 7.37. The molecule has 12 heteroatoms. The summed E-state index contributed by atoms with van der Waals surface area (Å²) in [4.78, 5) is 50.3. The number of carbonyl (C=O) groups is 3. The zero-order chi connectivity index (χ0) is 26.9. The molecule has 2 amide bonds. The number of pyridine rings is 2. The number of hydrogen-bond acceptors (Lipinski definition) is 7. The van der Waals surface area contributed by atoms with E-state index in [2.05, 4.69) is 20.2 Å². The number of methoxy groups -OCH3 is 1. The second kappa shape index (κ2) is 10.3. The number of aromatic nitrogens is 2. The maximum atomic E-state index is 13.4. The minimum atomic E-state index is -4.30. The van der Waals surface area contributed by atoms with Gasteiger partial charge in [-0.2, -0.15) is 13.2 Å². The molecule has 1 unspecified atom stereocenters. The number of amides is 2. The van der Waals surface area contributed by atoms with E-state index < -0.39 is 36.4 Å². The van der Waals surface area contributed by atoms with Gasteiger partial charge in [0.25, 0.3) is 0 Å². The number of fused-ring (bicyclic) bond motifs is 4. The van der Waals surface area contributed by atoms with Crippen molar-refractivity contribution in [2.45, 2.75) is 45.3 Å². The predicted molar refractivity (Wildman–Crippen MR) is 130 cm³/mol. The standard InChI is InChI=1S/C25H28F3N5O4/c1-14(15(2)12-25(26,27)28)10-20(34)18-4-5-19-22(30-18)33(17-7-9-32(19)13-17)24(36)31-21-11-16(6-8-29-21)23(35)37-3/h4-6,8,11,14-15,17H,7,9-10,12-13H2,1-3H3,(H,29,31,36)/t14-,15?,17+/m1/s1. The number of hydrogen-bond donors (Lipinski definition) is 1. The van der Waals surface area contributed by atoms with Crippen molar-refractivity contribution in [3.8, 4) is 0 Å². The van der Waals surface area contributed by atoms with Gasteiger partial charge >= 0.3 is 18.2 Å². The van der Waals surface area contributed by atoms with E-state index in [0.717, 1.165) is 0 Å². The number of Topliss-reactive ketones (excluding diaryl/α,β-unsaturated/α-hetero) is 1. The Morgan fingerprint density at radius 2 is 1.95 bits per heavy atom. The molecule has 0 aliphatic carbocycles. The highest BCUT2D eigenvalue weighted by Crippen LogP contribution is 2.39. The number of alkyl halides is 3. The number of esters is 1. The van der Waals surface area contributed by atoms with Gasteiger partial charge in [0.15, 0.2) is 11.6 Å². The fourth-order valence-corrected chi connectivity index (χ4v) is 4.70. The zero-order valence-electron chi connectivity index (χ0n) is 20.7. The summed E-state index contributed by atoms with van der Waals surface area (Å²) >= 11 is 0. The van der Waals surface area contributed by atoms with Crippen LogP contribution in [0.25, 0.3) is 0 Å². The van der Waals surface area contributed by atoms with Crippen LogP contribution in [0.5, 0.6) is 0 Å². The molecule has 0 aromatic carbocycles. The number of nitrogens with zero attached hydrogens (tertiary/aromatic N) is 4. The minimum absolute atomic E-state index is 0.0907. The first kappa shape index (κ1) is 26.4. The number of anilines is 3. The number of rotatable bonds is 7. The van der Waals surface area contributed by atoms with E-state index in [1.54, 1.807) is 19.1 Å². The number of ketones is 1. The third kappa shape index (κ3) is 5.83. The largest absolute Gasteiger partial charge is 0.465 e. The van der Waals surface area contributed by atoms with Crippen molar-refractivity contribution in [3.05, 3.63) is 41.7 Å². The number of ether oxygens (including phenoxy) is 1. The second-order valence-corrected chi connectivity index (χ2v) is 9.55. The average molecular weight is 520 g/mol. The fourth-order valence-electron chi connectivity index (χ4n) is 4.70. The van der Waals surface area contributed by atoms with E-state index in [9.17, 15) is 27.6 Å². The van der Waals surface area contributed by atoms with E-state index in [1.165, 1.54) is 37.3 Å². The van der Waals surface area contributed by atoms with Crippen molar-refractivity contribution < 1.29 is 32.3 Å². The molecule has 1 saturated heterocycles. The molecule has 0 radical (unpaired) electrons. The van der Waals surface area contributed by atoms with Crippen molar-refractivity contribution in [2.24, 2.45) is 11.8 Å². The molecule has 1 N–H and O–H groups in total. The highest BCUT2D eigenvalue weighted by Gasteiger charge is 2.41. The Morgan fingerprint density at radius 1 is 1.19 bits per heavy atom. The molecular weight excluding hydrogens is 491 g/mol. The Labute approximate surface area is 212 Å². The fraction of sp³-hybridized carbons (Fsp3) is 0.480. The highest BCUT2D eigenvalue weighted by molar-refractivity contribution is 6.05. The molecule has 2 aromatic heterocycles. The predicted octanol–water partition coefficient (Wildman–Crippen LogP) is 4.69. The monoisotopic (exact) mass is 519 g/mol. The summed E-state index contributed by atoms with van der Waals surface area (Å²) < 4.78 is 43.0. The quantitative estimate of drug-likeness (QED) is 0.418. The molecule has 0 saturated carbocycles. The second-order valence-electron chi connectivity index (χ2n) is 9.55. The lowest BCUT2D eigenvalue weighted by Gasteiger charge is -2.35. The van der Waals surface area contributed by atoms with E-state index in [-0.39, 0.29) is 35.3 Å². The first-order chi connectivity index (χ1) is 17.5. The lowest BCUT2D eigenvalue weighted by molar-refractivity contribution is -0.146. The summed E-state index contributed by atoms with van der Waals surface area (Å²) in [5.74, 6) is -1.73. The third-order valence-corrected chi connectivity index (χ3v) is 6.90. The first-order valence-electron chi connectivity index (χ1n) is 12.0. The van der Waals surface area contributed by atoms with Crippen LogP contribution in [0.1, 0.15) is 54.0 Å². The Hall–Kier alpha value is -3.70. The maximum absolute atomic E-state index is 13.4. The molecule has 2 aromatic rings. The first-order valence-corrected chi connectivity index (χ1v) is 12.0. The van der Waals surface area contributed by atoms with Gasteiger partial charge in [-0.1, -0.05) is 13.8 Å². The molecule has 0 spiro atoms. The van der Waals surface area contributed by atoms with Crippen LogP contribution in [-0.2, 0) is 4.74 Å². The van der Waals surface area contributed by atoms with Gasteiger partial charge in [-0.3, -0.25) is 15.0 Å². The van der Waals surface area contributed by atoms with Crippen molar-refractivity contribution in [3.63, 3.8) is 0 Å². The average Bonchev–Trinajstić information content (AvgIpc) is 3.26. The highest BCUT2D eigenvalue weighted by atomic mass is 19.4. The van der Waals surface area contributed by atoms with Crippen LogP contribution >= 0.6 is 0 Å². The molecule has 2 bridgehead atoms. The van der Waals surface area contributed by atoms with Gasteiger partial charge in [-0.05, 0) is 42.5 Å². The van der Waals surface area contributed by atoms with E-state index >= 15 is 0 Å². The third-order valence-electron chi connectivity index (χ3n) is 6.90. The van der Waals surface area contributed by atoms with E-state index in [0.29, 0.717) is 31.0 Å². The van der Waals surface area contributed by atoms with Crippen LogP contribution < -0.4 is 15.1 Å². The van der Waals surface area contributed by atoms with Gasteiger partial charge in [0, 0.05) is 32.1 Å². The lowest BCUT2D eigenvalue weighted by Crippen LogP contribution is -2.48. The van der Waals surface area contributed by atoms with E-state index in [4.69, 9.17) is 4.74 Å². The summed E-state index contributed by atoms with van der Waals surface area (Å²) in [6, 6.07) is 5.41. The molecule has 2 aliphatic rings. The molecule has 4 heterocycles. The minimum Gasteiger partial charge on any atom is -0.465 e. The molecule has 1 fully saturated rings. The van der Waals surface area contributed by atoms with Crippen LogP contribution in [0.4, 0.5) is 35.3 Å². The summed E-state index contributed by atoms with van der Waals surface area (Å²) in [7, 11) is 1.25. The molecule has 198 valence electrons. The normalized spacial score (nSPS) is 18.2. The Morgan fingerprint density at radius 3 is 2.65 bits per heavy atom. The van der Waals surface area contributed by atoms with Crippen LogP contribution in [0.3, 0.4) is 0 Å². The summed E-state index contributed by atoms with van der Waals surface area (Å²) in [6.07, 6.45) is -3.29. The van der Waals surface area contributed by atoms with Crippen LogP contribution in [0.15, 0.2) is 30.5 Å². The molecule has 9 nitrogen and oxygen atoms in total. The lowest BCUT2D eigenvalue weighted by atomic mass is 9.88. The number of urea groups is 1. The van der Waals surface area contributed by atoms with Crippen LogP contribution in [-0.4, -0.2) is 60.2 Å². The maximum Gasteiger partial charge on any atom is 0.389 e. The molecule has 2 aliphatic heterocycles. The SMILES string of the molecule is COC(=O)c1ccnc(NC(=O)N2c3nc(C(=O)C[C@@H](C)C(C)CC(F)(F)F)ccc3N3CC[C@H]2C3)c1. The van der Waals surface area contributed by atoms with Gasteiger partial charge in [-0.25, -0.2) is 19.6 Å². The van der Waals surface area contributed by atoms with Crippen molar-refractivity contribution >= 4 is 35.1 Å². The van der Waals surface area contributed by atoms with Gasteiger partial charge in [0.1, 0.15) is 11.5 Å². The van der Waals surface area contributed by atoms with Crippen LogP contribution in [0, 0.1) is 11.8 Å². The number of nitrogens with one attached hydrogen (secondary N) is 1. The van der Waals surface area contributed by atoms with Gasteiger partial charge in [0.05, 0.1) is 24.4 Å². The van der Waals surface area contributed by atoms with Gasteiger partial charge in [0.2, 0.25) is 0 Å². The summed E-state index contributed by atoms with van der Waals surface area (Å²) in [6.45, 7) is 4.40. The topological polar surface area (TPSA) is 105 Å². The summed E-state index contributed by atoms with van der Waals surface area (Å²) in [5, 5.41) is 2.69. The van der Waals surface area contributed by atoms with Crippen molar-refractivity contribution in [1.29, 1.82) is 0 Å². The number of halogens is 3. The van der Waals surface area contributed by atoms with Crippen molar-refractivity contribution in [2.75, 3.05) is 35.3 Å². The van der Waals surface area contributed by atoms with Gasteiger partial charge < -0.3 is 9.64 Å². The van der Waals surface area contributed by atoms with Crippen molar-refractivity contribution in [1.82, 2.24) is 9.97 Å². The molecule has 4 rings (SSSR count). The number of carbonyl (C=O) groups excluding carboxylic acids is 3. The molecule has 37 heavy (non-hydrogen) atoms. The summed E-state index contributed by atoms with van der Waals surface area (Å²) in [5.41, 5.74) is 1.00. The molecule has 3 atom stereocenters. The van der Waals surface area contributed by atoms with Crippen LogP contribution in [0.2, 0.25) is 0 Å². The Balaban J connectivity index is 1.56. The molecular formula is C25H28F3N5O4. The smallest absolute Gasteiger partial charge is 0.389 e. The van der Waals surface area contributed by atoms with Gasteiger partial charge in [-0.15, -0.1) is 0 Å². The Bertz CT molecular complexity index is 1210.